The third-order valence-corrected chi connectivity index (χ3v) is 7.03. The Morgan fingerprint density at radius 1 is 0.781 bits per heavy atom. The van der Waals surface area contributed by atoms with E-state index in [0.29, 0.717) is 18.5 Å². The Morgan fingerprint density at radius 3 is 1.81 bits per heavy atom. The lowest BCUT2D eigenvalue weighted by Crippen LogP contribution is -2.59. The standard InChI is InChI=1S/C29H34NO2/c1-21(2)30(22(3)4,23-13-6-5-7-14-23)20-12-17-26(31)29-24-15-8-10-18-27(24)32-28-19-11-9-16-25(28)29/h5-11,13-16,18-19,21-22,29H,12,17,20H2,1-4H3/q+1. The number of quaternary nitrogens is 1. The van der Waals surface area contributed by atoms with Gasteiger partial charge in [-0.1, -0.05) is 54.6 Å². The summed E-state index contributed by atoms with van der Waals surface area (Å²) < 4.78 is 6.97. The van der Waals surface area contributed by atoms with Gasteiger partial charge in [-0.15, -0.1) is 0 Å². The van der Waals surface area contributed by atoms with E-state index in [4.69, 9.17) is 4.74 Å². The van der Waals surface area contributed by atoms with E-state index in [1.807, 2.05) is 48.5 Å². The highest BCUT2D eigenvalue weighted by Gasteiger charge is 2.38. The summed E-state index contributed by atoms with van der Waals surface area (Å²) in [5.74, 6) is 1.60. The van der Waals surface area contributed by atoms with Gasteiger partial charge in [0.15, 0.2) is 0 Å². The summed E-state index contributed by atoms with van der Waals surface area (Å²) in [6.07, 6.45) is 1.41. The second kappa shape index (κ2) is 9.30. The normalized spacial score (nSPS) is 13.6. The van der Waals surface area contributed by atoms with Crippen molar-refractivity contribution >= 4 is 11.5 Å². The zero-order chi connectivity index (χ0) is 22.7. The van der Waals surface area contributed by atoms with Crippen LogP contribution < -0.4 is 9.22 Å². The fraction of sp³-hybridized carbons (Fsp3) is 0.345. The number of rotatable bonds is 8. The maximum absolute atomic E-state index is 13.6. The number of ether oxygens (including phenoxy) is 1. The molecule has 0 aromatic heterocycles. The molecule has 0 saturated carbocycles. The Balaban J connectivity index is 1.58. The maximum Gasteiger partial charge on any atom is 0.145 e. The smallest absolute Gasteiger partial charge is 0.145 e. The SMILES string of the molecule is CC(C)[N+](CCCC(=O)C1c2ccccc2Oc2ccccc21)(c1ccccc1)C(C)C. The van der Waals surface area contributed by atoms with Gasteiger partial charge in [0.25, 0.3) is 0 Å². The summed E-state index contributed by atoms with van der Waals surface area (Å²) in [5, 5.41) is 0. The van der Waals surface area contributed by atoms with Crippen LogP contribution in [0.4, 0.5) is 5.69 Å². The van der Waals surface area contributed by atoms with Crippen molar-refractivity contribution in [1.82, 2.24) is 4.48 Å². The van der Waals surface area contributed by atoms with Gasteiger partial charge in [-0.25, -0.2) is 0 Å². The summed E-state index contributed by atoms with van der Waals surface area (Å²) >= 11 is 0. The number of benzene rings is 3. The lowest BCUT2D eigenvalue weighted by Gasteiger charge is -2.45. The van der Waals surface area contributed by atoms with Crippen molar-refractivity contribution in [3.8, 4) is 11.5 Å². The van der Waals surface area contributed by atoms with Crippen LogP contribution in [0.5, 0.6) is 11.5 Å². The Bertz CT molecular complexity index is 1020. The first kappa shape index (κ1) is 22.3. The van der Waals surface area contributed by atoms with Gasteiger partial charge < -0.3 is 4.74 Å². The molecule has 0 aliphatic carbocycles. The van der Waals surface area contributed by atoms with Gasteiger partial charge in [0.05, 0.1) is 24.5 Å². The number of fused-ring (bicyclic) bond motifs is 2. The monoisotopic (exact) mass is 428 g/mol. The van der Waals surface area contributed by atoms with E-state index in [2.05, 4.69) is 58.0 Å². The molecule has 1 aliphatic heterocycles. The van der Waals surface area contributed by atoms with E-state index in [1.165, 1.54) is 5.69 Å². The molecule has 0 unspecified atom stereocenters. The Morgan fingerprint density at radius 2 is 1.28 bits per heavy atom. The first-order chi connectivity index (χ1) is 15.4. The molecule has 0 N–H and O–H groups in total. The molecule has 166 valence electrons. The average Bonchev–Trinajstić information content (AvgIpc) is 2.80. The topological polar surface area (TPSA) is 26.3 Å². The van der Waals surface area contributed by atoms with Crippen molar-refractivity contribution in [2.75, 3.05) is 6.54 Å². The number of hydrogen-bond acceptors (Lipinski definition) is 2. The molecule has 0 amide bonds. The highest BCUT2D eigenvalue weighted by Crippen LogP contribution is 2.44. The molecule has 32 heavy (non-hydrogen) atoms. The summed E-state index contributed by atoms with van der Waals surface area (Å²) in [7, 11) is 0. The molecule has 3 heteroatoms. The number of Topliss-reactive ketones (excluding diaryl/α,β-unsaturated/α-hetero) is 1. The van der Waals surface area contributed by atoms with Crippen LogP contribution in [-0.4, -0.2) is 24.4 Å². The number of hydrogen-bond donors (Lipinski definition) is 0. The molecule has 3 nitrogen and oxygen atoms in total. The van der Waals surface area contributed by atoms with Crippen LogP contribution >= 0.6 is 0 Å². The molecule has 3 aromatic rings. The van der Waals surface area contributed by atoms with Gasteiger partial charge >= 0.3 is 0 Å². The van der Waals surface area contributed by atoms with E-state index in [9.17, 15) is 4.79 Å². The van der Waals surface area contributed by atoms with Crippen LogP contribution in [0.2, 0.25) is 0 Å². The Labute approximate surface area is 192 Å². The Kier molecular flexibility index (Phi) is 6.48. The lowest BCUT2D eigenvalue weighted by atomic mass is 9.83. The van der Waals surface area contributed by atoms with Crippen molar-refractivity contribution in [3.63, 3.8) is 0 Å². The number of nitrogens with zero attached hydrogens (tertiary/aromatic N) is 1. The fourth-order valence-electron chi connectivity index (χ4n) is 5.46. The molecule has 0 atom stereocenters. The number of carbonyl (C=O) groups excluding carboxylic acids is 1. The van der Waals surface area contributed by atoms with Crippen LogP contribution in [-0.2, 0) is 4.79 Å². The molecule has 0 radical (unpaired) electrons. The van der Waals surface area contributed by atoms with E-state index in [1.54, 1.807) is 0 Å². The van der Waals surface area contributed by atoms with Crippen molar-refractivity contribution in [3.05, 3.63) is 90.0 Å². The molecule has 0 saturated heterocycles. The quantitative estimate of drug-likeness (QED) is 0.358. The highest BCUT2D eigenvalue weighted by molar-refractivity contribution is 5.91. The van der Waals surface area contributed by atoms with E-state index in [-0.39, 0.29) is 11.7 Å². The van der Waals surface area contributed by atoms with Gasteiger partial charge in [0.2, 0.25) is 0 Å². The predicted molar refractivity (Wildman–Crippen MR) is 132 cm³/mol. The van der Waals surface area contributed by atoms with Gasteiger partial charge in [-0.05, 0) is 52.0 Å². The number of carbonyl (C=O) groups is 1. The highest BCUT2D eigenvalue weighted by atomic mass is 16.5. The molecule has 1 heterocycles. The first-order valence-corrected chi connectivity index (χ1v) is 11.8. The summed E-state index contributed by atoms with van der Waals surface area (Å²) in [5.41, 5.74) is 3.28. The minimum Gasteiger partial charge on any atom is -0.457 e. The van der Waals surface area contributed by atoms with Crippen molar-refractivity contribution < 1.29 is 9.53 Å². The third kappa shape index (κ3) is 3.98. The van der Waals surface area contributed by atoms with Crippen molar-refractivity contribution in [1.29, 1.82) is 0 Å². The molecule has 0 fully saturated rings. The zero-order valence-corrected chi connectivity index (χ0v) is 19.6. The molecule has 3 aromatic carbocycles. The third-order valence-electron chi connectivity index (χ3n) is 7.03. The van der Waals surface area contributed by atoms with Crippen LogP contribution in [0, 0.1) is 0 Å². The summed E-state index contributed by atoms with van der Waals surface area (Å²) in [4.78, 5) is 13.6. The first-order valence-electron chi connectivity index (χ1n) is 11.8. The fourth-order valence-corrected chi connectivity index (χ4v) is 5.46. The molecular formula is C29H34NO2+. The lowest BCUT2D eigenvalue weighted by molar-refractivity contribution is -0.120. The molecule has 0 bridgehead atoms. The van der Waals surface area contributed by atoms with Crippen LogP contribution in [0.3, 0.4) is 0 Å². The van der Waals surface area contributed by atoms with Crippen molar-refractivity contribution in [2.24, 2.45) is 0 Å². The van der Waals surface area contributed by atoms with E-state index < -0.39 is 0 Å². The average molecular weight is 429 g/mol. The Hall–Kier alpha value is -2.91. The second-order valence-corrected chi connectivity index (χ2v) is 9.36. The summed E-state index contributed by atoms with van der Waals surface area (Å²) in [6, 6.07) is 27.5. The maximum atomic E-state index is 13.6. The van der Waals surface area contributed by atoms with Gasteiger partial charge in [0.1, 0.15) is 23.0 Å². The minimum absolute atomic E-state index is 0.257. The molecular weight excluding hydrogens is 394 g/mol. The summed E-state index contributed by atoms with van der Waals surface area (Å²) in [6.45, 7) is 10.1. The van der Waals surface area contributed by atoms with Crippen LogP contribution in [0.15, 0.2) is 78.9 Å². The molecule has 4 rings (SSSR count). The van der Waals surface area contributed by atoms with Gasteiger partial charge in [-0.2, -0.15) is 0 Å². The molecule has 1 aliphatic rings. The van der Waals surface area contributed by atoms with E-state index in [0.717, 1.165) is 40.1 Å². The minimum atomic E-state index is -0.257. The van der Waals surface area contributed by atoms with E-state index >= 15 is 0 Å². The van der Waals surface area contributed by atoms with Crippen LogP contribution in [0.1, 0.15) is 57.6 Å². The van der Waals surface area contributed by atoms with Gasteiger partial charge in [-0.3, -0.25) is 9.28 Å². The second-order valence-electron chi connectivity index (χ2n) is 9.36. The molecule has 0 spiro atoms. The van der Waals surface area contributed by atoms with Gasteiger partial charge in [0, 0.05) is 24.0 Å². The zero-order valence-electron chi connectivity index (χ0n) is 19.6. The van der Waals surface area contributed by atoms with Crippen molar-refractivity contribution in [2.45, 2.75) is 58.5 Å². The largest absolute Gasteiger partial charge is 0.457 e. The number of ketones is 1. The van der Waals surface area contributed by atoms with Crippen LogP contribution in [0.25, 0.3) is 0 Å². The number of para-hydroxylation sites is 3. The predicted octanol–water partition coefficient (Wildman–Crippen LogP) is 7.10.